The van der Waals surface area contributed by atoms with Crippen LogP contribution in [0.25, 0.3) is 21.7 Å². The highest BCUT2D eigenvalue weighted by Crippen LogP contribution is 2.38. The van der Waals surface area contributed by atoms with Crippen LogP contribution in [0.4, 0.5) is 15.8 Å². The summed E-state index contributed by atoms with van der Waals surface area (Å²) in [4.78, 5) is 28.6. The van der Waals surface area contributed by atoms with E-state index in [4.69, 9.17) is 0 Å². The van der Waals surface area contributed by atoms with Gasteiger partial charge in [0.15, 0.2) is 0 Å². The van der Waals surface area contributed by atoms with Gasteiger partial charge in [-0.1, -0.05) is 36.4 Å². The van der Waals surface area contributed by atoms with E-state index in [1.54, 1.807) is 6.07 Å². The van der Waals surface area contributed by atoms with Crippen molar-refractivity contribution in [2.45, 2.75) is 18.9 Å². The third kappa shape index (κ3) is 3.39. The molecule has 3 aromatic carbocycles. The van der Waals surface area contributed by atoms with Crippen molar-refractivity contribution < 1.29 is 14.3 Å². The first-order chi connectivity index (χ1) is 16.5. The predicted octanol–water partition coefficient (Wildman–Crippen LogP) is 4.65. The average Bonchev–Trinajstić information content (AvgIpc) is 3.69. The molecule has 0 radical (unpaired) electrons. The van der Waals surface area contributed by atoms with Gasteiger partial charge in [0.25, 0.3) is 0 Å². The second-order valence-corrected chi connectivity index (χ2v) is 9.11. The lowest BCUT2D eigenvalue weighted by Gasteiger charge is -2.38. The van der Waals surface area contributed by atoms with E-state index in [9.17, 15) is 14.7 Å². The van der Waals surface area contributed by atoms with E-state index < -0.39 is 17.2 Å². The summed E-state index contributed by atoms with van der Waals surface area (Å²) in [6, 6.07) is 17.7. The molecule has 1 aliphatic carbocycles. The van der Waals surface area contributed by atoms with Gasteiger partial charge in [-0.2, -0.15) is 0 Å². The van der Waals surface area contributed by atoms with E-state index >= 15 is 4.39 Å². The Kier molecular flexibility index (Phi) is 4.79. The normalized spacial score (nSPS) is 16.4. The molecule has 2 fully saturated rings. The van der Waals surface area contributed by atoms with Crippen LogP contribution in [0.5, 0.6) is 0 Å². The molecule has 0 bridgehead atoms. The maximum atomic E-state index is 15.2. The number of carbonyl (C=O) groups is 1. The number of fused-ring (bicyclic) bond motifs is 2. The standard InChI is InChI=1S/C27H24FN3O3/c28-22-14-20-24(31(18-8-9-18)16-21(26(20)32)27(33)34)15-25(22)30-12-10-29(11-13-30)23-7-3-5-17-4-1-2-6-19(17)23/h1-7,14-16,18H,8-13H2,(H,33,34). The third-order valence-corrected chi connectivity index (χ3v) is 7.00. The lowest BCUT2D eigenvalue weighted by molar-refractivity contribution is 0.0695. The lowest BCUT2D eigenvalue weighted by atomic mass is 10.1. The Morgan fingerprint density at radius 3 is 2.26 bits per heavy atom. The minimum atomic E-state index is -1.28. The molecule has 4 aromatic rings. The monoisotopic (exact) mass is 457 g/mol. The number of piperazine rings is 1. The first-order valence-electron chi connectivity index (χ1n) is 11.6. The molecule has 1 aromatic heterocycles. The number of hydrogen-bond donors (Lipinski definition) is 1. The maximum Gasteiger partial charge on any atom is 0.341 e. The molecule has 0 spiro atoms. The van der Waals surface area contributed by atoms with Crippen LogP contribution in [0.1, 0.15) is 29.2 Å². The van der Waals surface area contributed by atoms with Crippen LogP contribution < -0.4 is 15.2 Å². The predicted molar refractivity (Wildman–Crippen MR) is 132 cm³/mol. The van der Waals surface area contributed by atoms with Crippen LogP contribution in [0, 0.1) is 5.82 Å². The van der Waals surface area contributed by atoms with Crippen molar-refractivity contribution in [3.8, 4) is 0 Å². The van der Waals surface area contributed by atoms with Crippen LogP contribution >= 0.6 is 0 Å². The molecule has 7 heteroatoms. The number of carboxylic acid groups (broad SMARTS) is 1. The smallest absolute Gasteiger partial charge is 0.341 e. The first kappa shape index (κ1) is 20.7. The van der Waals surface area contributed by atoms with E-state index in [1.165, 1.54) is 28.7 Å². The SMILES string of the molecule is O=C(O)c1cn(C2CC2)c2cc(N3CCN(c4cccc5ccccc45)CC3)c(F)cc2c1=O. The number of rotatable bonds is 4. The van der Waals surface area contributed by atoms with Crippen molar-refractivity contribution in [1.82, 2.24) is 4.57 Å². The van der Waals surface area contributed by atoms with Crippen molar-refractivity contribution >= 4 is 39.0 Å². The Hall–Kier alpha value is -3.87. The van der Waals surface area contributed by atoms with Gasteiger partial charge >= 0.3 is 5.97 Å². The molecular weight excluding hydrogens is 433 g/mol. The average molecular weight is 458 g/mol. The highest BCUT2D eigenvalue weighted by atomic mass is 19.1. The van der Waals surface area contributed by atoms with Crippen LogP contribution in [0.3, 0.4) is 0 Å². The summed E-state index contributed by atoms with van der Waals surface area (Å²) in [5.74, 6) is -1.77. The van der Waals surface area contributed by atoms with E-state index in [1.807, 2.05) is 21.6 Å². The van der Waals surface area contributed by atoms with Crippen molar-refractivity contribution in [2.75, 3.05) is 36.0 Å². The summed E-state index contributed by atoms with van der Waals surface area (Å²) in [6.45, 7) is 2.79. The molecule has 0 atom stereocenters. The molecule has 0 unspecified atom stereocenters. The summed E-state index contributed by atoms with van der Waals surface area (Å²) in [5.41, 5.74) is 1.30. The second kappa shape index (κ2) is 7.87. The maximum absolute atomic E-state index is 15.2. The summed E-state index contributed by atoms with van der Waals surface area (Å²) in [6.07, 6.45) is 3.27. The van der Waals surface area contributed by atoms with Crippen LogP contribution in [0.15, 0.2) is 65.6 Å². The van der Waals surface area contributed by atoms with Crippen molar-refractivity contribution in [1.29, 1.82) is 0 Å². The number of halogens is 1. The van der Waals surface area contributed by atoms with Gasteiger partial charge in [-0.15, -0.1) is 0 Å². The second-order valence-electron chi connectivity index (χ2n) is 9.11. The molecule has 1 aliphatic heterocycles. The molecule has 2 heterocycles. The number of aromatic carboxylic acids is 1. The Labute approximate surface area is 195 Å². The van der Waals surface area contributed by atoms with Gasteiger partial charge < -0.3 is 19.5 Å². The first-order valence-corrected chi connectivity index (χ1v) is 11.6. The molecule has 1 N–H and O–H groups in total. The number of nitrogens with zero attached hydrogens (tertiary/aromatic N) is 3. The van der Waals surface area contributed by atoms with Crippen LogP contribution in [-0.2, 0) is 0 Å². The lowest BCUT2D eigenvalue weighted by Crippen LogP contribution is -2.47. The minimum Gasteiger partial charge on any atom is -0.477 e. The fourth-order valence-electron chi connectivity index (χ4n) is 5.08. The Bertz CT molecular complexity index is 1500. The molecule has 34 heavy (non-hydrogen) atoms. The molecule has 0 amide bonds. The zero-order valence-corrected chi connectivity index (χ0v) is 18.6. The van der Waals surface area contributed by atoms with Gasteiger partial charge in [0, 0.05) is 54.9 Å². The number of pyridine rings is 1. The third-order valence-electron chi connectivity index (χ3n) is 7.00. The number of benzene rings is 3. The summed E-state index contributed by atoms with van der Waals surface area (Å²) in [5, 5.41) is 12.0. The van der Waals surface area contributed by atoms with E-state index in [0.717, 1.165) is 25.9 Å². The van der Waals surface area contributed by atoms with E-state index in [-0.39, 0.29) is 17.0 Å². The fraction of sp³-hybridized carbons (Fsp3) is 0.259. The van der Waals surface area contributed by atoms with Gasteiger partial charge in [-0.05, 0) is 36.4 Å². The van der Waals surface area contributed by atoms with Gasteiger partial charge in [-0.25, -0.2) is 9.18 Å². The van der Waals surface area contributed by atoms with Crippen molar-refractivity contribution in [3.63, 3.8) is 0 Å². The van der Waals surface area contributed by atoms with Crippen molar-refractivity contribution in [3.05, 3.63) is 82.4 Å². The topological polar surface area (TPSA) is 65.8 Å². The largest absolute Gasteiger partial charge is 0.477 e. The summed E-state index contributed by atoms with van der Waals surface area (Å²) >= 11 is 0. The Morgan fingerprint density at radius 1 is 0.882 bits per heavy atom. The zero-order valence-electron chi connectivity index (χ0n) is 18.6. The summed E-state index contributed by atoms with van der Waals surface area (Å²) < 4.78 is 17.1. The molecule has 2 aliphatic rings. The molecule has 1 saturated heterocycles. The number of carboxylic acids is 1. The van der Waals surface area contributed by atoms with Gasteiger partial charge in [0.05, 0.1) is 11.2 Å². The molecule has 172 valence electrons. The Morgan fingerprint density at radius 2 is 1.56 bits per heavy atom. The van der Waals surface area contributed by atoms with Gasteiger partial charge in [-0.3, -0.25) is 4.79 Å². The fourth-order valence-corrected chi connectivity index (χ4v) is 5.08. The van der Waals surface area contributed by atoms with Crippen molar-refractivity contribution in [2.24, 2.45) is 0 Å². The zero-order chi connectivity index (χ0) is 23.4. The minimum absolute atomic E-state index is 0.127. The van der Waals surface area contributed by atoms with Crippen LogP contribution in [0.2, 0.25) is 0 Å². The summed E-state index contributed by atoms with van der Waals surface area (Å²) in [7, 11) is 0. The molecule has 6 rings (SSSR count). The molecular formula is C27H24FN3O3. The highest BCUT2D eigenvalue weighted by Gasteiger charge is 2.28. The van der Waals surface area contributed by atoms with E-state index in [0.29, 0.717) is 24.3 Å². The van der Waals surface area contributed by atoms with E-state index in [2.05, 4.69) is 35.2 Å². The number of anilines is 2. The highest BCUT2D eigenvalue weighted by molar-refractivity contribution is 5.95. The number of hydrogen-bond acceptors (Lipinski definition) is 4. The Balaban J connectivity index is 1.34. The molecule has 1 saturated carbocycles. The quantitative estimate of drug-likeness (QED) is 0.483. The molecule has 6 nitrogen and oxygen atoms in total. The van der Waals surface area contributed by atoms with Crippen LogP contribution in [-0.4, -0.2) is 41.8 Å². The van der Waals surface area contributed by atoms with Gasteiger partial charge in [0.1, 0.15) is 11.4 Å². The number of aromatic nitrogens is 1. The van der Waals surface area contributed by atoms with Gasteiger partial charge in [0.2, 0.25) is 5.43 Å².